The molecule has 3 aromatic rings. The molecule has 0 aliphatic heterocycles. The molecule has 1 heterocycles. The van der Waals surface area contributed by atoms with Crippen molar-refractivity contribution in [2.45, 2.75) is 33.9 Å². The lowest BCUT2D eigenvalue weighted by molar-refractivity contribution is 0.697. The lowest BCUT2D eigenvalue weighted by Gasteiger charge is -2.19. The average Bonchev–Trinajstić information content (AvgIpc) is 2.71. The minimum Gasteiger partial charge on any atom is -0.325 e. The highest BCUT2D eigenvalue weighted by Gasteiger charge is 2.17. The van der Waals surface area contributed by atoms with Crippen molar-refractivity contribution in [1.29, 1.82) is 10.7 Å². The Kier molecular flexibility index (Phi) is 5.86. The first-order valence-corrected chi connectivity index (χ1v) is 9.31. The molecule has 28 heavy (non-hydrogen) atoms. The summed E-state index contributed by atoms with van der Waals surface area (Å²) in [4.78, 5) is 4.77. The Morgan fingerprint density at radius 3 is 2.14 bits per heavy atom. The van der Waals surface area contributed by atoms with E-state index < -0.39 is 0 Å². The predicted molar refractivity (Wildman–Crippen MR) is 112 cm³/mol. The lowest BCUT2D eigenvalue weighted by atomic mass is 9.98. The molecule has 0 aliphatic rings. The standard InChI is InChI=1S/C24H24N4/c1-17-22(14-25)24(26)28(16-21-12-8-5-9-13-21)19(3)23(17)18(2)27-15-20-10-6-4-7-11-20/h4-13,26H,15-16H2,1-3H3. The fourth-order valence-corrected chi connectivity index (χ4v) is 3.52. The van der Waals surface area contributed by atoms with E-state index in [1.54, 1.807) is 0 Å². The van der Waals surface area contributed by atoms with E-state index in [1.807, 2.05) is 73.9 Å². The number of aromatic nitrogens is 1. The predicted octanol–water partition coefficient (Wildman–Crippen LogP) is 4.51. The molecule has 0 fully saturated rings. The number of hydrogen-bond donors (Lipinski definition) is 1. The van der Waals surface area contributed by atoms with Crippen molar-refractivity contribution in [3.8, 4) is 6.07 Å². The zero-order valence-electron chi connectivity index (χ0n) is 16.5. The van der Waals surface area contributed by atoms with Crippen molar-refractivity contribution in [3.05, 3.63) is 99.7 Å². The van der Waals surface area contributed by atoms with Crippen LogP contribution < -0.4 is 5.49 Å². The van der Waals surface area contributed by atoms with E-state index in [2.05, 4.69) is 18.2 Å². The first-order valence-electron chi connectivity index (χ1n) is 9.31. The first kappa shape index (κ1) is 19.3. The van der Waals surface area contributed by atoms with E-state index in [-0.39, 0.29) is 5.49 Å². The maximum absolute atomic E-state index is 9.67. The number of nitrogens with zero attached hydrogens (tertiary/aromatic N) is 3. The van der Waals surface area contributed by atoms with Crippen LogP contribution in [0.2, 0.25) is 0 Å². The van der Waals surface area contributed by atoms with Crippen LogP contribution in [-0.4, -0.2) is 10.3 Å². The summed E-state index contributed by atoms with van der Waals surface area (Å²) in [6, 6.07) is 22.4. The molecule has 3 rings (SSSR count). The Hall–Kier alpha value is -3.45. The summed E-state index contributed by atoms with van der Waals surface area (Å²) in [5.41, 5.74) is 6.53. The minimum absolute atomic E-state index is 0.251. The Bertz CT molecular complexity index is 1100. The largest absolute Gasteiger partial charge is 0.325 e. The van der Waals surface area contributed by atoms with Crippen molar-refractivity contribution in [1.82, 2.24) is 4.57 Å². The SMILES string of the molecule is CC(=NCc1ccccc1)c1c(C)c(C#N)c(=N)n(Cc2ccccc2)c1C. The smallest absolute Gasteiger partial charge is 0.143 e. The van der Waals surface area contributed by atoms with Gasteiger partial charge in [-0.3, -0.25) is 10.4 Å². The van der Waals surface area contributed by atoms with Crippen molar-refractivity contribution in [2.75, 3.05) is 0 Å². The van der Waals surface area contributed by atoms with Crippen LogP contribution in [0.25, 0.3) is 0 Å². The third-order valence-corrected chi connectivity index (χ3v) is 5.02. The molecule has 1 aromatic heterocycles. The number of hydrogen-bond acceptors (Lipinski definition) is 3. The maximum Gasteiger partial charge on any atom is 0.143 e. The van der Waals surface area contributed by atoms with Gasteiger partial charge in [-0.15, -0.1) is 0 Å². The fraction of sp³-hybridized carbons (Fsp3) is 0.208. The molecule has 0 bridgehead atoms. The number of benzene rings is 2. The van der Waals surface area contributed by atoms with Crippen LogP contribution >= 0.6 is 0 Å². The van der Waals surface area contributed by atoms with Gasteiger partial charge >= 0.3 is 0 Å². The van der Waals surface area contributed by atoms with Gasteiger partial charge in [-0.25, -0.2) is 0 Å². The number of rotatable bonds is 5. The summed E-state index contributed by atoms with van der Waals surface area (Å²) in [6.45, 7) is 7.05. The Morgan fingerprint density at radius 1 is 1.00 bits per heavy atom. The van der Waals surface area contributed by atoms with Crippen molar-refractivity contribution in [2.24, 2.45) is 4.99 Å². The lowest BCUT2D eigenvalue weighted by Crippen LogP contribution is -2.29. The Balaban J connectivity index is 2.09. The molecule has 4 heteroatoms. The first-order chi connectivity index (χ1) is 13.5. The second kappa shape index (κ2) is 8.49. The second-order valence-electron chi connectivity index (χ2n) is 6.88. The highest BCUT2D eigenvalue weighted by Crippen LogP contribution is 2.18. The Labute approximate surface area is 166 Å². The van der Waals surface area contributed by atoms with Crippen LogP contribution in [0.4, 0.5) is 0 Å². The van der Waals surface area contributed by atoms with Gasteiger partial charge in [0, 0.05) is 23.5 Å². The molecule has 140 valence electrons. The zero-order valence-corrected chi connectivity index (χ0v) is 16.5. The van der Waals surface area contributed by atoms with Crippen LogP contribution in [0.15, 0.2) is 65.7 Å². The van der Waals surface area contributed by atoms with E-state index in [4.69, 9.17) is 10.4 Å². The number of aliphatic imine (C=N–C) groups is 1. The van der Waals surface area contributed by atoms with Crippen molar-refractivity contribution >= 4 is 5.71 Å². The molecule has 0 saturated heterocycles. The number of pyridine rings is 1. The van der Waals surface area contributed by atoms with E-state index in [0.29, 0.717) is 18.7 Å². The summed E-state index contributed by atoms with van der Waals surface area (Å²) in [5.74, 6) is 0. The van der Waals surface area contributed by atoms with Gasteiger partial charge < -0.3 is 4.57 Å². The molecule has 0 saturated carbocycles. The van der Waals surface area contributed by atoms with Crippen molar-refractivity contribution in [3.63, 3.8) is 0 Å². The summed E-state index contributed by atoms with van der Waals surface area (Å²) < 4.78 is 1.90. The molecule has 1 N–H and O–H groups in total. The van der Waals surface area contributed by atoms with Crippen LogP contribution in [0.1, 0.15) is 40.4 Å². The van der Waals surface area contributed by atoms with Crippen LogP contribution in [0.3, 0.4) is 0 Å². The van der Waals surface area contributed by atoms with Crippen LogP contribution in [0.5, 0.6) is 0 Å². The third-order valence-electron chi connectivity index (χ3n) is 5.02. The van der Waals surface area contributed by atoms with Gasteiger partial charge in [0.15, 0.2) is 0 Å². The third kappa shape index (κ3) is 3.94. The average molecular weight is 368 g/mol. The molecular formula is C24H24N4. The summed E-state index contributed by atoms with van der Waals surface area (Å²) in [7, 11) is 0. The molecule has 0 spiro atoms. The van der Waals surface area contributed by atoms with Gasteiger partial charge in [0.05, 0.1) is 12.1 Å². The monoisotopic (exact) mass is 368 g/mol. The summed E-state index contributed by atoms with van der Waals surface area (Å²) in [5, 5.41) is 18.2. The highest BCUT2D eigenvalue weighted by atomic mass is 15.0. The molecule has 0 unspecified atom stereocenters. The van der Waals surface area contributed by atoms with Gasteiger partial charge in [-0.2, -0.15) is 5.26 Å². The van der Waals surface area contributed by atoms with E-state index in [0.717, 1.165) is 33.7 Å². The molecule has 0 aliphatic carbocycles. The maximum atomic E-state index is 9.67. The molecule has 0 amide bonds. The van der Waals surface area contributed by atoms with Gasteiger partial charge in [0.25, 0.3) is 0 Å². The number of nitrogens with one attached hydrogen (secondary N) is 1. The van der Waals surface area contributed by atoms with E-state index in [1.165, 1.54) is 0 Å². The highest BCUT2D eigenvalue weighted by molar-refractivity contribution is 6.01. The summed E-state index contributed by atoms with van der Waals surface area (Å²) >= 11 is 0. The van der Waals surface area contributed by atoms with Crippen LogP contribution in [0, 0.1) is 30.6 Å². The molecule has 0 radical (unpaired) electrons. The normalized spacial score (nSPS) is 11.3. The van der Waals surface area contributed by atoms with Gasteiger partial charge in [0.2, 0.25) is 0 Å². The van der Waals surface area contributed by atoms with E-state index >= 15 is 0 Å². The van der Waals surface area contributed by atoms with Gasteiger partial charge in [-0.1, -0.05) is 60.7 Å². The topological polar surface area (TPSA) is 64.9 Å². The quantitative estimate of drug-likeness (QED) is 0.662. The van der Waals surface area contributed by atoms with Crippen LogP contribution in [-0.2, 0) is 13.1 Å². The van der Waals surface area contributed by atoms with Gasteiger partial charge in [-0.05, 0) is 37.5 Å². The molecule has 0 atom stereocenters. The Morgan fingerprint density at radius 2 is 1.57 bits per heavy atom. The summed E-state index contributed by atoms with van der Waals surface area (Å²) in [6.07, 6.45) is 0. The molecule has 2 aromatic carbocycles. The van der Waals surface area contributed by atoms with E-state index in [9.17, 15) is 5.26 Å². The minimum atomic E-state index is 0.251. The number of nitriles is 1. The van der Waals surface area contributed by atoms with Gasteiger partial charge in [0.1, 0.15) is 11.6 Å². The zero-order chi connectivity index (χ0) is 20.1. The molecule has 4 nitrogen and oxygen atoms in total. The van der Waals surface area contributed by atoms with Crippen molar-refractivity contribution < 1.29 is 0 Å². The fourth-order valence-electron chi connectivity index (χ4n) is 3.52. The molecular weight excluding hydrogens is 344 g/mol. The second-order valence-corrected chi connectivity index (χ2v) is 6.88.